The molecule has 1 aromatic heterocycles. The second-order valence-electron chi connectivity index (χ2n) is 8.83. The maximum atomic E-state index is 12.8. The Morgan fingerprint density at radius 3 is 2.55 bits per heavy atom. The minimum absolute atomic E-state index is 0. The average Bonchev–Trinajstić information content (AvgIpc) is 3.40. The van der Waals surface area contributed by atoms with E-state index in [1.165, 1.54) is 0 Å². The first-order valence-corrected chi connectivity index (χ1v) is 13.3. The Morgan fingerprint density at radius 2 is 1.85 bits per heavy atom. The van der Waals surface area contributed by atoms with Gasteiger partial charge in [-0.15, -0.1) is 0 Å². The molecular formula is C28H24Cl2N4O5S. The second-order valence-corrected chi connectivity index (χ2v) is 10.7. The summed E-state index contributed by atoms with van der Waals surface area (Å²) in [4.78, 5) is 37.0. The van der Waals surface area contributed by atoms with Gasteiger partial charge in [0.05, 0.1) is 27.7 Å². The molecule has 0 atom stereocenters. The number of hydrogen-bond donors (Lipinski definition) is 3. The van der Waals surface area contributed by atoms with Crippen LogP contribution in [-0.4, -0.2) is 34.3 Å². The fourth-order valence-electron chi connectivity index (χ4n) is 4.23. The normalized spacial score (nSPS) is 13.8. The molecule has 4 amide bonds. The van der Waals surface area contributed by atoms with E-state index in [0.717, 1.165) is 33.8 Å². The molecule has 1 fully saturated rings. The van der Waals surface area contributed by atoms with Gasteiger partial charge in [-0.3, -0.25) is 14.9 Å². The zero-order chi connectivity index (χ0) is 27.7. The quantitative estimate of drug-likeness (QED) is 0.219. The molecule has 9 nitrogen and oxygen atoms in total. The van der Waals surface area contributed by atoms with Gasteiger partial charge in [-0.1, -0.05) is 35.3 Å². The lowest BCUT2D eigenvalue weighted by molar-refractivity contribution is -0.115. The van der Waals surface area contributed by atoms with Crippen molar-refractivity contribution in [2.24, 2.45) is 0 Å². The van der Waals surface area contributed by atoms with Gasteiger partial charge in [0.25, 0.3) is 11.1 Å². The molecule has 0 saturated carbocycles. The molecule has 0 unspecified atom stereocenters. The fourth-order valence-corrected chi connectivity index (χ4v) is 5.23. The van der Waals surface area contributed by atoms with Gasteiger partial charge < -0.3 is 25.4 Å². The van der Waals surface area contributed by atoms with Crippen LogP contribution >= 0.6 is 35.0 Å². The number of hydrogen-bond acceptors (Lipinski definition) is 5. The molecule has 5 rings (SSSR count). The number of halogens is 2. The predicted octanol–water partition coefficient (Wildman–Crippen LogP) is 6.46. The lowest BCUT2D eigenvalue weighted by Crippen LogP contribution is -2.19. The van der Waals surface area contributed by atoms with Gasteiger partial charge in [0.2, 0.25) is 0 Å². The van der Waals surface area contributed by atoms with E-state index in [2.05, 4.69) is 16.0 Å². The topological polar surface area (TPSA) is 133 Å². The van der Waals surface area contributed by atoms with Crippen LogP contribution < -0.4 is 20.7 Å². The first-order valence-electron chi connectivity index (χ1n) is 11.7. The van der Waals surface area contributed by atoms with Crippen molar-refractivity contribution in [2.75, 3.05) is 17.7 Å². The third-order valence-corrected chi connectivity index (χ3v) is 7.59. The number of aromatic nitrogens is 1. The van der Waals surface area contributed by atoms with Crippen LogP contribution in [0.4, 0.5) is 21.0 Å². The van der Waals surface area contributed by atoms with Crippen LogP contribution in [0.3, 0.4) is 0 Å². The number of aryl methyl sites for hydroxylation is 1. The van der Waals surface area contributed by atoms with Gasteiger partial charge >= 0.3 is 6.03 Å². The highest BCUT2D eigenvalue weighted by molar-refractivity contribution is 8.18. The number of carbonyl (C=O) groups excluding carboxylic acids is 3. The molecule has 0 aliphatic carbocycles. The second kappa shape index (κ2) is 12.1. The molecule has 40 heavy (non-hydrogen) atoms. The number of anilines is 2. The Morgan fingerprint density at radius 1 is 1.05 bits per heavy atom. The van der Waals surface area contributed by atoms with E-state index in [1.54, 1.807) is 37.5 Å². The molecule has 0 radical (unpaired) electrons. The van der Waals surface area contributed by atoms with Gasteiger partial charge in [0.15, 0.2) is 0 Å². The van der Waals surface area contributed by atoms with Crippen LogP contribution in [-0.2, 0) is 11.3 Å². The van der Waals surface area contributed by atoms with Gasteiger partial charge in [0.1, 0.15) is 5.75 Å². The van der Waals surface area contributed by atoms with Crippen molar-refractivity contribution in [3.63, 3.8) is 0 Å². The third kappa shape index (κ3) is 6.26. The maximum Gasteiger partial charge on any atom is 0.323 e. The average molecular weight is 599 g/mol. The zero-order valence-electron chi connectivity index (χ0n) is 21.3. The number of amides is 4. The number of benzene rings is 3. The fraction of sp³-hybridized carbons (Fsp3) is 0.107. The minimum atomic E-state index is -0.448. The zero-order valence-corrected chi connectivity index (χ0v) is 23.6. The Balaban J connectivity index is 0.00000370. The number of carbonyl (C=O) groups is 3. The highest BCUT2D eigenvalue weighted by Gasteiger charge is 2.25. The van der Waals surface area contributed by atoms with Crippen LogP contribution in [0.15, 0.2) is 65.7 Å². The van der Waals surface area contributed by atoms with Gasteiger partial charge in [-0.05, 0) is 78.4 Å². The summed E-state index contributed by atoms with van der Waals surface area (Å²) in [6, 6.07) is 16.0. The van der Waals surface area contributed by atoms with Crippen molar-refractivity contribution >= 4 is 80.5 Å². The molecule has 1 aliphatic heterocycles. The molecule has 4 aromatic rings. The predicted molar refractivity (Wildman–Crippen MR) is 161 cm³/mol. The van der Waals surface area contributed by atoms with Crippen LogP contribution in [0, 0.1) is 6.92 Å². The summed E-state index contributed by atoms with van der Waals surface area (Å²) in [6.45, 7) is 2.42. The number of ether oxygens (including phenoxy) is 1. The van der Waals surface area contributed by atoms with Gasteiger partial charge in [0, 0.05) is 34.9 Å². The number of rotatable bonds is 6. The van der Waals surface area contributed by atoms with Crippen molar-refractivity contribution in [1.82, 2.24) is 9.88 Å². The van der Waals surface area contributed by atoms with Gasteiger partial charge in [-0.2, -0.15) is 0 Å². The smallest absolute Gasteiger partial charge is 0.323 e. The van der Waals surface area contributed by atoms with Crippen molar-refractivity contribution in [1.29, 1.82) is 0 Å². The van der Waals surface area contributed by atoms with Crippen LogP contribution in [0.5, 0.6) is 5.75 Å². The highest BCUT2D eigenvalue weighted by Crippen LogP contribution is 2.32. The molecule has 3 aromatic carbocycles. The summed E-state index contributed by atoms with van der Waals surface area (Å²) in [5.41, 5.74) is 4.57. The Kier molecular flexibility index (Phi) is 8.75. The monoisotopic (exact) mass is 598 g/mol. The highest BCUT2D eigenvalue weighted by atomic mass is 35.5. The minimum Gasteiger partial charge on any atom is -0.495 e. The number of urea groups is 1. The van der Waals surface area contributed by atoms with Crippen molar-refractivity contribution in [2.45, 2.75) is 13.5 Å². The summed E-state index contributed by atoms with van der Waals surface area (Å²) in [5.74, 6) is 0.104. The Bertz CT molecular complexity index is 1680. The van der Waals surface area contributed by atoms with E-state index in [4.69, 9.17) is 27.9 Å². The van der Waals surface area contributed by atoms with E-state index in [9.17, 15) is 14.4 Å². The summed E-state index contributed by atoms with van der Waals surface area (Å²) < 4.78 is 7.37. The molecular weight excluding hydrogens is 575 g/mol. The van der Waals surface area contributed by atoms with E-state index < -0.39 is 17.2 Å². The molecule has 1 saturated heterocycles. The largest absolute Gasteiger partial charge is 0.495 e. The first-order chi connectivity index (χ1) is 18.7. The molecule has 0 bridgehead atoms. The number of imide groups is 1. The van der Waals surface area contributed by atoms with E-state index in [1.807, 2.05) is 48.0 Å². The van der Waals surface area contributed by atoms with Crippen molar-refractivity contribution in [3.8, 4) is 5.75 Å². The summed E-state index contributed by atoms with van der Waals surface area (Å²) >= 11 is 13.1. The van der Waals surface area contributed by atoms with Crippen molar-refractivity contribution < 1.29 is 24.6 Å². The summed E-state index contributed by atoms with van der Waals surface area (Å²) in [6.07, 6.45) is 3.55. The number of fused-ring (bicyclic) bond motifs is 1. The number of nitrogens with zero attached hydrogens (tertiary/aromatic N) is 1. The van der Waals surface area contributed by atoms with Crippen LogP contribution in [0.1, 0.15) is 16.7 Å². The summed E-state index contributed by atoms with van der Waals surface area (Å²) in [7, 11) is 1.54. The number of methoxy groups -OCH3 is 1. The lowest BCUT2D eigenvalue weighted by Gasteiger charge is -2.12. The molecule has 2 heterocycles. The lowest BCUT2D eigenvalue weighted by atomic mass is 10.1. The molecule has 0 spiro atoms. The van der Waals surface area contributed by atoms with E-state index >= 15 is 0 Å². The van der Waals surface area contributed by atoms with Crippen LogP contribution in [0.2, 0.25) is 10.0 Å². The number of thioether (sulfide) groups is 1. The first kappa shape index (κ1) is 29.0. The van der Waals surface area contributed by atoms with Crippen LogP contribution in [0.25, 0.3) is 17.0 Å². The Labute approximate surface area is 243 Å². The molecule has 206 valence electrons. The maximum absolute atomic E-state index is 12.8. The van der Waals surface area contributed by atoms with Gasteiger partial charge in [-0.25, -0.2) is 4.79 Å². The molecule has 1 aliphatic rings. The standard InChI is InChI=1S/C28H22Cl2N4O4S.H2O/c1-15-3-7-22(24(9-15)38-2)32-27(36)31-18-5-8-23-19(12-18)17(11-25-26(35)33-28(37)39-25)14-34(23)13-16-4-6-20(29)21(30)10-16;/h3-12,14H,13H2,1-2H3,(H2,31,32,36)(H,33,35,37);1H2/b25-11-;. The summed E-state index contributed by atoms with van der Waals surface area (Å²) in [5, 5.41) is 9.21. The van der Waals surface area contributed by atoms with Crippen molar-refractivity contribution in [3.05, 3.63) is 92.4 Å². The molecule has 5 N–H and O–H groups in total. The third-order valence-electron chi connectivity index (χ3n) is 6.04. The molecule has 12 heteroatoms. The number of nitrogens with one attached hydrogen (secondary N) is 3. The van der Waals surface area contributed by atoms with E-state index in [-0.39, 0.29) is 10.4 Å². The van der Waals surface area contributed by atoms with E-state index in [0.29, 0.717) is 39.3 Å². The Hall–Kier alpha value is -3.96. The SMILES string of the molecule is COc1cc(C)ccc1NC(=O)Nc1ccc2c(c1)c(/C=C1\SC(=O)NC1=O)cn2Cc1ccc(Cl)c(Cl)c1.O.